The Hall–Kier alpha value is -0.770. The predicted octanol–water partition coefficient (Wildman–Crippen LogP) is 3.23. The molecular formula is C14H29NO3. The van der Waals surface area contributed by atoms with Crippen LogP contribution >= 0.6 is 0 Å². The summed E-state index contributed by atoms with van der Waals surface area (Å²) in [6, 6.07) is 0. The summed E-state index contributed by atoms with van der Waals surface area (Å²) in [4.78, 5) is 11.3. The maximum atomic E-state index is 11.3. The van der Waals surface area contributed by atoms with Crippen molar-refractivity contribution in [2.75, 3.05) is 13.2 Å². The predicted molar refractivity (Wildman–Crippen MR) is 73.6 cm³/mol. The van der Waals surface area contributed by atoms with E-state index < -0.39 is 5.60 Å². The van der Waals surface area contributed by atoms with E-state index >= 15 is 0 Å². The summed E-state index contributed by atoms with van der Waals surface area (Å²) < 4.78 is 5.14. The molecule has 1 amide bonds. The highest BCUT2D eigenvalue weighted by molar-refractivity contribution is 5.67. The molecule has 0 unspecified atom stereocenters. The number of ether oxygens (including phenoxy) is 1. The largest absolute Gasteiger partial charge is 0.444 e. The molecule has 0 radical (unpaired) electrons. The van der Waals surface area contributed by atoms with Gasteiger partial charge in [0.15, 0.2) is 0 Å². The Bertz CT molecular complexity index is 212. The molecule has 0 heterocycles. The van der Waals surface area contributed by atoms with Crippen molar-refractivity contribution in [2.45, 2.75) is 71.3 Å². The van der Waals surface area contributed by atoms with Crippen molar-refractivity contribution >= 4 is 6.09 Å². The van der Waals surface area contributed by atoms with Crippen LogP contribution in [-0.4, -0.2) is 30.0 Å². The molecule has 0 aliphatic heterocycles. The van der Waals surface area contributed by atoms with Crippen LogP contribution in [0, 0.1) is 0 Å². The summed E-state index contributed by atoms with van der Waals surface area (Å²) >= 11 is 0. The minimum Gasteiger partial charge on any atom is -0.444 e. The van der Waals surface area contributed by atoms with Crippen LogP contribution in [0.15, 0.2) is 0 Å². The third-order valence-electron chi connectivity index (χ3n) is 2.50. The molecule has 4 nitrogen and oxygen atoms in total. The molecule has 0 aromatic rings. The van der Waals surface area contributed by atoms with Crippen LogP contribution in [0.2, 0.25) is 0 Å². The molecule has 0 rings (SSSR count). The summed E-state index contributed by atoms with van der Waals surface area (Å²) in [5.41, 5.74) is -0.420. The summed E-state index contributed by atoms with van der Waals surface area (Å²) in [5.74, 6) is 0. The van der Waals surface area contributed by atoms with Gasteiger partial charge in [-0.2, -0.15) is 0 Å². The van der Waals surface area contributed by atoms with Gasteiger partial charge in [-0.05, 0) is 33.6 Å². The number of carbonyl (C=O) groups is 1. The van der Waals surface area contributed by atoms with Gasteiger partial charge in [-0.1, -0.05) is 32.1 Å². The van der Waals surface area contributed by atoms with E-state index in [2.05, 4.69) is 5.32 Å². The van der Waals surface area contributed by atoms with Crippen LogP contribution in [0.3, 0.4) is 0 Å². The highest BCUT2D eigenvalue weighted by Crippen LogP contribution is 2.08. The van der Waals surface area contributed by atoms with Crippen LogP contribution in [0.4, 0.5) is 4.79 Å². The summed E-state index contributed by atoms with van der Waals surface area (Å²) in [7, 11) is 0. The SMILES string of the molecule is CC(C)(C)OC(=O)NCCCCCCCCCO. The van der Waals surface area contributed by atoms with E-state index in [4.69, 9.17) is 9.84 Å². The fourth-order valence-corrected chi connectivity index (χ4v) is 1.63. The zero-order valence-corrected chi connectivity index (χ0v) is 12.1. The maximum absolute atomic E-state index is 11.3. The third kappa shape index (κ3) is 13.3. The van der Waals surface area contributed by atoms with E-state index in [0.717, 1.165) is 25.7 Å². The van der Waals surface area contributed by atoms with Crippen molar-refractivity contribution in [3.63, 3.8) is 0 Å². The van der Waals surface area contributed by atoms with E-state index in [-0.39, 0.29) is 6.09 Å². The molecule has 0 spiro atoms. The number of hydrogen-bond donors (Lipinski definition) is 2. The number of hydrogen-bond acceptors (Lipinski definition) is 3. The maximum Gasteiger partial charge on any atom is 0.407 e. The molecule has 108 valence electrons. The van der Waals surface area contributed by atoms with E-state index in [0.29, 0.717) is 13.2 Å². The molecule has 0 fully saturated rings. The van der Waals surface area contributed by atoms with Crippen LogP contribution in [0.25, 0.3) is 0 Å². The second-order valence-corrected chi connectivity index (χ2v) is 5.63. The Kier molecular flexibility index (Phi) is 9.74. The second kappa shape index (κ2) is 10.2. The molecule has 0 saturated heterocycles. The highest BCUT2D eigenvalue weighted by atomic mass is 16.6. The summed E-state index contributed by atoms with van der Waals surface area (Å²) in [6.07, 6.45) is 7.44. The summed E-state index contributed by atoms with van der Waals surface area (Å²) in [6.45, 7) is 6.57. The molecule has 0 saturated carbocycles. The number of carbonyl (C=O) groups excluding carboxylic acids is 1. The lowest BCUT2D eigenvalue weighted by Gasteiger charge is -2.19. The van der Waals surface area contributed by atoms with Gasteiger partial charge in [0.2, 0.25) is 0 Å². The fourth-order valence-electron chi connectivity index (χ4n) is 1.63. The Morgan fingerprint density at radius 2 is 1.50 bits per heavy atom. The highest BCUT2D eigenvalue weighted by Gasteiger charge is 2.15. The molecular weight excluding hydrogens is 230 g/mol. The first-order valence-electron chi connectivity index (χ1n) is 7.03. The topological polar surface area (TPSA) is 58.6 Å². The Balaban J connectivity index is 3.23. The first-order chi connectivity index (χ1) is 8.45. The first-order valence-corrected chi connectivity index (χ1v) is 7.03. The lowest BCUT2D eigenvalue weighted by atomic mass is 10.1. The number of alkyl carbamates (subject to hydrolysis) is 1. The lowest BCUT2D eigenvalue weighted by molar-refractivity contribution is 0.0527. The molecule has 0 atom stereocenters. The second-order valence-electron chi connectivity index (χ2n) is 5.63. The zero-order chi connectivity index (χ0) is 13.9. The van der Waals surface area contributed by atoms with Gasteiger partial charge in [0, 0.05) is 13.2 Å². The van der Waals surface area contributed by atoms with Gasteiger partial charge in [-0.25, -0.2) is 4.79 Å². The minimum absolute atomic E-state index is 0.305. The van der Waals surface area contributed by atoms with Crippen LogP contribution in [0.1, 0.15) is 65.7 Å². The standard InChI is InChI=1S/C14H29NO3/c1-14(2,3)18-13(17)15-11-9-7-5-4-6-8-10-12-16/h16H,4-12H2,1-3H3,(H,15,17). The van der Waals surface area contributed by atoms with Gasteiger partial charge in [-0.15, -0.1) is 0 Å². The Morgan fingerprint density at radius 1 is 1.00 bits per heavy atom. The monoisotopic (exact) mass is 259 g/mol. The van der Waals surface area contributed by atoms with E-state index in [1.54, 1.807) is 0 Å². The average Bonchev–Trinajstić information content (AvgIpc) is 2.24. The third-order valence-corrected chi connectivity index (χ3v) is 2.50. The minimum atomic E-state index is -0.420. The van der Waals surface area contributed by atoms with Gasteiger partial charge in [0.05, 0.1) is 0 Å². The van der Waals surface area contributed by atoms with Crippen molar-refractivity contribution in [3.8, 4) is 0 Å². The van der Waals surface area contributed by atoms with Crippen molar-refractivity contribution in [3.05, 3.63) is 0 Å². The van der Waals surface area contributed by atoms with E-state index in [1.165, 1.54) is 19.3 Å². The van der Waals surface area contributed by atoms with Crippen LogP contribution in [0.5, 0.6) is 0 Å². The van der Waals surface area contributed by atoms with Crippen molar-refractivity contribution in [2.24, 2.45) is 0 Å². The van der Waals surface area contributed by atoms with E-state index in [1.807, 2.05) is 20.8 Å². The molecule has 2 N–H and O–H groups in total. The van der Waals surface area contributed by atoms with Gasteiger partial charge >= 0.3 is 6.09 Å². The number of amides is 1. The van der Waals surface area contributed by atoms with Gasteiger partial charge in [0.1, 0.15) is 5.60 Å². The van der Waals surface area contributed by atoms with E-state index in [9.17, 15) is 4.79 Å². The van der Waals surface area contributed by atoms with Gasteiger partial charge in [0.25, 0.3) is 0 Å². The number of unbranched alkanes of at least 4 members (excludes halogenated alkanes) is 6. The van der Waals surface area contributed by atoms with Crippen molar-refractivity contribution in [1.82, 2.24) is 5.32 Å². The molecule has 0 aliphatic rings. The van der Waals surface area contributed by atoms with Crippen molar-refractivity contribution in [1.29, 1.82) is 0 Å². The summed E-state index contributed by atoms with van der Waals surface area (Å²) in [5, 5.41) is 11.4. The number of rotatable bonds is 9. The van der Waals surface area contributed by atoms with Crippen LogP contribution < -0.4 is 5.32 Å². The normalized spacial score (nSPS) is 11.3. The number of aliphatic hydroxyl groups excluding tert-OH is 1. The Labute approximate surface area is 111 Å². The molecule has 18 heavy (non-hydrogen) atoms. The number of nitrogens with one attached hydrogen (secondary N) is 1. The smallest absolute Gasteiger partial charge is 0.407 e. The van der Waals surface area contributed by atoms with Crippen LogP contribution in [-0.2, 0) is 4.74 Å². The molecule has 0 bridgehead atoms. The zero-order valence-electron chi connectivity index (χ0n) is 12.1. The lowest BCUT2D eigenvalue weighted by Crippen LogP contribution is -2.32. The Morgan fingerprint density at radius 3 is 2.00 bits per heavy atom. The fraction of sp³-hybridized carbons (Fsp3) is 0.929. The quantitative estimate of drug-likeness (QED) is 0.625. The molecule has 0 aliphatic carbocycles. The van der Waals surface area contributed by atoms with Crippen molar-refractivity contribution < 1.29 is 14.6 Å². The molecule has 0 aromatic heterocycles. The van der Waals surface area contributed by atoms with Gasteiger partial charge < -0.3 is 15.2 Å². The molecule has 4 heteroatoms. The first kappa shape index (κ1) is 17.2. The number of aliphatic hydroxyl groups is 1. The molecule has 0 aromatic carbocycles. The average molecular weight is 259 g/mol. The van der Waals surface area contributed by atoms with Gasteiger partial charge in [-0.3, -0.25) is 0 Å².